The maximum Gasteiger partial charge on any atom is 0.135 e. The van der Waals surface area contributed by atoms with Crippen LogP contribution in [0.25, 0.3) is 0 Å². The normalized spacial score (nSPS) is 16.7. The lowest BCUT2D eigenvalue weighted by atomic mass is 9.99. The van der Waals surface area contributed by atoms with Crippen molar-refractivity contribution < 1.29 is 5.11 Å². The van der Waals surface area contributed by atoms with Crippen molar-refractivity contribution in [1.82, 2.24) is 10.2 Å². The van der Waals surface area contributed by atoms with Gasteiger partial charge in [0.1, 0.15) is 5.75 Å². The van der Waals surface area contributed by atoms with Crippen molar-refractivity contribution in [3.63, 3.8) is 0 Å². The maximum atomic E-state index is 10.4. The topological polar surface area (TPSA) is 35.5 Å². The third-order valence-corrected chi connectivity index (χ3v) is 4.93. The highest BCUT2D eigenvalue weighted by atomic mass is 79.9. The number of phenolic OH excluding ortho intramolecular Hbond substituents is 1. The molecule has 0 spiro atoms. The SMILES string of the molecule is CCC[C@H](c1c(Br)ccc(Br)c1O)N1CCNCC1.Cl.Cl. The molecule has 1 heterocycles. The van der Waals surface area contributed by atoms with Crippen LogP contribution >= 0.6 is 56.7 Å². The molecule has 1 fully saturated rings. The van der Waals surface area contributed by atoms with Gasteiger partial charge in [-0.3, -0.25) is 4.90 Å². The van der Waals surface area contributed by atoms with Crippen LogP contribution in [0.4, 0.5) is 0 Å². The van der Waals surface area contributed by atoms with E-state index in [1.165, 1.54) is 0 Å². The fraction of sp³-hybridized carbons (Fsp3) is 0.571. The van der Waals surface area contributed by atoms with Crippen LogP contribution in [0.5, 0.6) is 5.75 Å². The highest BCUT2D eigenvalue weighted by molar-refractivity contribution is 9.11. The second kappa shape index (κ2) is 10.3. The number of halogens is 4. The summed E-state index contributed by atoms with van der Waals surface area (Å²) < 4.78 is 1.76. The molecule has 2 rings (SSSR count). The lowest BCUT2D eigenvalue weighted by Gasteiger charge is -2.36. The maximum absolute atomic E-state index is 10.4. The van der Waals surface area contributed by atoms with Crippen LogP contribution in [-0.2, 0) is 0 Å². The molecule has 1 aliphatic heterocycles. The summed E-state index contributed by atoms with van der Waals surface area (Å²) in [6.07, 6.45) is 2.16. The molecule has 0 aromatic heterocycles. The van der Waals surface area contributed by atoms with Crippen LogP contribution < -0.4 is 5.32 Å². The number of piperazine rings is 1. The highest BCUT2D eigenvalue weighted by Crippen LogP contribution is 2.41. The smallest absolute Gasteiger partial charge is 0.135 e. The molecular formula is C14H22Br2Cl2N2O. The summed E-state index contributed by atoms with van der Waals surface area (Å²) in [5.74, 6) is 0.367. The van der Waals surface area contributed by atoms with Gasteiger partial charge >= 0.3 is 0 Å². The zero-order valence-corrected chi connectivity index (χ0v) is 16.7. The van der Waals surface area contributed by atoms with Crippen molar-refractivity contribution in [2.45, 2.75) is 25.8 Å². The third kappa shape index (κ3) is 5.26. The number of nitrogens with zero attached hydrogens (tertiary/aromatic N) is 1. The van der Waals surface area contributed by atoms with Crippen LogP contribution in [0.2, 0.25) is 0 Å². The minimum atomic E-state index is 0. The van der Waals surface area contributed by atoms with Gasteiger partial charge < -0.3 is 10.4 Å². The van der Waals surface area contributed by atoms with E-state index in [1.54, 1.807) is 0 Å². The van der Waals surface area contributed by atoms with Crippen LogP contribution in [0.1, 0.15) is 31.4 Å². The number of nitrogens with one attached hydrogen (secondary N) is 1. The molecule has 0 amide bonds. The third-order valence-electron chi connectivity index (χ3n) is 3.60. The standard InChI is InChI=1S/C14H20Br2N2O.2ClH/c1-2-3-12(18-8-6-17-7-9-18)13-10(15)4-5-11(16)14(13)19;;/h4-5,12,17,19H,2-3,6-9H2,1H3;2*1H/t12-;;/m1../s1. The zero-order valence-electron chi connectivity index (χ0n) is 11.9. The fourth-order valence-corrected chi connectivity index (χ4v) is 3.58. The second-order valence-electron chi connectivity index (χ2n) is 4.88. The Labute approximate surface area is 155 Å². The Morgan fingerprint density at radius 1 is 1.19 bits per heavy atom. The number of aromatic hydroxyl groups is 1. The first-order chi connectivity index (χ1) is 9.15. The predicted molar refractivity (Wildman–Crippen MR) is 100 cm³/mol. The molecule has 0 saturated carbocycles. The van der Waals surface area contributed by atoms with Gasteiger partial charge in [0.05, 0.1) is 4.47 Å². The van der Waals surface area contributed by atoms with E-state index in [9.17, 15) is 5.11 Å². The summed E-state index contributed by atoms with van der Waals surface area (Å²) in [5, 5.41) is 13.8. The Balaban J connectivity index is 0.00000200. The molecule has 1 atom stereocenters. The monoisotopic (exact) mass is 462 g/mol. The molecule has 1 aromatic carbocycles. The van der Waals surface area contributed by atoms with Crippen LogP contribution in [0.3, 0.4) is 0 Å². The summed E-state index contributed by atoms with van der Waals surface area (Å²) in [6, 6.07) is 4.16. The van der Waals surface area contributed by atoms with Gasteiger partial charge in [-0.1, -0.05) is 29.3 Å². The Kier molecular flexibility index (Phi) is 10.5. The van der Waals surface area contributed by atoms with E-state index >= 15 is 0 Å². The number of hydrogen-bond donors (Lipinski definition) is 2. The summed E-state index contributed by atoms with van der Waals surface area (Å²) in [5.41, 5.74) is 1.01. The highest BCUT2D eigenvalue weighted by Gasteiger charge is 2.26. The van der Waals surface area contributed by atoms with E-state index in [2.05, 4.69) is 49.0 Å². The number of rotatable bonds is 4. The van der Waals surface area contributed by atoms with Crippen molar-refractivity contribution in [1.29, 1.82) is 0 Å². The zero-order chi connectivity index (χ0) is 13.8. The van der Waals surface area contributed by atoms with Crippen molar-refractivity contribution in [2.75, 3.05) is 26.2 Å². The Bertz CT molecular complexity index is 443. The largest absolute Gasteiger partial charge is 0.506 e. The van der Waals surface area contributed by atoms with Gasteiger partial charge in [0.25, 0.3) is 0 Å². The fourth-order valence-electron chi connectivity index (χ4n) is 2.65. The lowest BCUT2D eigenvalue weighted by molar-refractivity contribution is 0.161. The number of benzene rings is 1. The molecule has 1 saturated heterocycles. The van der Waals surface area contributed by atoms with Crippen molar-refractivity contribution in [2.24, 2.45) is 0 Å². The minimum absolute atomic E-state index is 0. The first-order valence-electron chi connectivity index (χ1n) is 6.76. The van der Waals surface area contributed by atoms with E-state index in [1.807, 2.05) is 12.1 Å². The second-order valence-corrected chi connectivity index (χ2v) is 6.59. The molecule has 0 aliphatic carbocycles. The Morgan fingerprint density at radius 2 is 1.76 bits per heavy atom. The van der Waals surface area contributed by atoms with E-state index < -0.39 is 0 Å². The van der Waals surface area contributed by atoms with E-state index in [0.29, 0.717) is 5.75 Å². The molecule has 7 heteroatoms. The van der Waals surface area contributed by atoms with E-state index in [-0.39, 0.29) is 30.9 Å². The molecule has 122 valence electrons. The molecule has 2 N–H and O–H groups in total. The molecule has 0 unspecified atom stereocenters. The predicted octanol–water partition coefficient (Wildman–Crippen LogP) is 4.51. The van der Waals surface area contributed by atoms with Crippen molar-refractivity contribution >= 4 is 56.7 Å². The molecule has 1 aromatic rings. The van der Waals surface area contributed by atoms with Gasteiger partial charge in [-0.15, -0.1) is 24.8 Å². The quantitative estimate of drug-likeness (QED) is 0.688. The minimum Gasteiger partial charge on any atom is -0.506 e. The van der Waals surface area contributed by atoms with Crippen LogP contribution in [0.15, 0.2) is 21.1 Å². The average Bonchev–Trinajstić information content (AvgIpc) is 2.43. The van der Waals surface area contributed by atoms with Crippen LogP contribution in [0, 0.1) is 0 Å². The molecule has 0 bridgehead atoms. The number of phenols is 1. The van der Waals surface area contributed by atoms with Gasteiger partial charge in [-0.05, 0) is 34.5 Å². The van der Waals surface area contributed by atoms with Gasteiger partial charge in [-0.2, -0.15) is 0 Å². The molecular weight excluding hydrogens is 443 g/mol. The lowest BCUT2D eigenvalue weighted by Crippen LogP contribution is -2.45. The van der Waals surface area contributed by atoms with Gasteiger partial charge in [-0.25, -0.2) is 0 Å². The molecule has 1 aliphatic rings. The summed E-state index contributed by atoms with van der Waals surface area (Å²) in [4.78, 5) is 2.46. The first-order valence-corrected chi connectivity index (χ1v) is 8.35. The van der Waals surface area contributed by atoms with Crippen molar-refractivity contribution in [3.8, 4) is 5.75 Å². The molecule has 21 heavy (non-hydrogen) atoms. The van der Waals surface area contributed by atoms with E-state index in [0.717, 1.165) is 53.5 Å². The van der Waals surface area contributed by atoms with Crippen LogP contribution in [-0.4, -0.2) is 36.2 Å². The van der Waals surface area contributed by atoms with Gasteiger partial charge in [0.2, 0.25) is 0 Å². The Hall–Kier alpha value is 0.480. The summed E-state index contributed by atoms with van der Waals surface area (Å²) >= 11 is 7.02. The van der Waals surface area contributed by atoms with Gasteiger partial charge in [0, 0.05) is 42.3 Å². The number of hydrogen-bond acceptors (Lipinski definition) is 3. The van der Waals surface area contributed by atoms with Crippen molar-refractivity contribution in [3.05, 3.63) is 26.6 Å². The first kappa shape index (κ1) is 21.5. The average molecular weight is 465 g/mol. The molecule has 0 radical (unpaired) electrons. The molecule has 3 nitrogen and oxygen atoms in total. The van der Waals surface area contributed by atoms with Gasteiger partial charge in [0.15, 0.2) is 0 Å². The summed E-state index contributed by atoms with van der Waals surface area (Å²) in [7, 11) is 0. The van der Waals surface area contributed by atoms with E-state index in [4.69, 9.17) is 0 Å². The Morgan fingerprint density at radius 3 is 2.33 bits per heavy atom. The summed E-state index contributed by atoms with van der Waals surface area (Å²) in [6.45, 7) is 6.30.